The minimum absolute atomic E-state index is 0.136. The predicted octanol–water partition coefficient (Wildman–Crippen LogP) is 3.49. The summed E-state index contributed by atoms with van der Waals surface area (Å²) in [6, 6.07) is 9.08. The van der Waals surface area contributed by atoms with Crippen LogP contribution in [0.1, 0.15) is 22.1 Å². The first-order valence-corrected chi connectivity index (χ1v) is 7.30. The summed E-state index contributed by atoms with van der Waals surface area (Å²) in [6.45, 7) is 1.81. The Kier molecular flexibility index (Phi) is 4.69. The highest BCUT2D eigenvalue weighted by Gasteiger charge is 2.13. The van der Waals surface area contributed by atoms with Gasteiger partial charge in [-0.25, -0.2) is 8.78 Å². The Labute approximate surface area is 141 Å². The van der Waals surface area contributed by atoms with Crippen LogP contribution in [0.5, 0.6) is 5.75 Å². The van der Waals surface area contributed by atoms with Gasteiger partial charge >= 0.3 is 0 Å². The number of rotatable bonds is 5. The number of carbonyl (C=O) groups is 1. The van der Waals surface area contributed by atoms with Crippen LogP contribution >= 0.6 is 0 Å². The first-order chi connectivity index (χ1) is 12.0. The summed E-state index contributed by atoms with van der Waals surface area (Å²) in [7, 11) is 0. The smallest absolute Gasteiger partial charge is 0.258 e. The molecular formula is C17H13F2N3O3. The molecule has 0 spiro atoms. The Bertz CT molecular complexity index is 894. The fourth-order valence-corrected chi connectivity index (χ4v) is 2.05. The maximum absolute atomic E-state index is 13.6. The number of hydrogen-bond acceptors (Lipinski definition) is 5. The van der Waals surface area contributed by atoms with Crippen LogP contribution in [0.2, 0.25) is 0 Å². The van der Waals surface area contributed by atoms with Crippen LogP contribution in [-0.4, -0.2) is 16.0 Å². The lowest BCUT2D eigenvalue weighted by Crippen LogP contribution is -2.14. The van der Waals surface area contributed by atoms with Crippen LogP contribution < -0.4 is 10.1 Å². The standard InChI is InChI=1S/C17H13F2N3O3/c1-10-20-16(22-25-10)9-24-13-5-3-12(4-6-13)21-17(23)14-8-11(18)2-7-15(14)19/h2-8H,9H2,1H3,(H,21,23). The number of halogens is 2. The van der Waals surface area contributed by atoms with Crippen molar-refractivity contribution in [2.24, 2.45) is 0 Å². The third kappa shape index (κ3) is 4.17. The molecule has 3 rings (SSSR count). The van der Waals surface area contributed by atoms with Crippen LogP contribution in [-0.2, 0) is 6.61 Å². The average Bonchev–Trinajstić information content (AvgIpc) is 3.02. The van der Waals surface area contributed by atoms with E-state index in [2.05, 4.69) is 15.5 Å². The molecule has 3 aromatic rings. The molecule has 0 fully saturated rings. The number of anilines is 1. The van der Waals surface area contributed by atoms with Crippen molar-refractivity contribution in [3.8, 4) is 5.75 Å². The number of carbonyl (C=O) groups excluding carboxylic acids is 1. The second-order valence-electron chi connectivity index (χ2n) is 5.12. The minimum Gasteiger partial charge on any atom is -0.485 e. The lowest BCUT2D eigenvalue weighted by atomic mass is 10.2. The van der Waals surface area contributed by atoms with Gasteiger partial charge < -0.3 is 14.6 Å². The number of ether oxygens (including phenoxy) is 1. The lowest BCUT2D eigenvalue weighted by Gasteiger charge is -2.08. The highest BCUT2D eigenvalue weighted by Crippen LogP contribution is 2.18. The highest BCUT2D eigenvalue weighted by atomic mass is 19.1. The van der Waals surface area contributed by atoms with Gasteiger partial charge in [-0.2, -0.15) is 4.98 Å². The summed E-state index contributed by atoms with van der Waals surface area (Å²) in [5, 5.41) is 6.19. The summed E-state index contributed by atoms with van der Waals surface area (Å²) >= 11 is 0. The number of aromatic nitrogens is 2. The monoisotopic (exact) mass is 345 g/mol. The van der Waals surface area contributed by atoms with Crippen molar-refractivity contribution in [2.45, 2.75) is 13.5 Å². The van der Waals surface area contributed by atoms with Crippen LogP contribution in [0.4, 0.5) is 14.5 Å². The van der Waals surface area contributed by atoms with Gasteiger partial charge in [-0.3, -0.25) is 4.79 Å². The molecule has 0 saturated carbocycles. The first kappa shape index (κ1) is 16.6. The van der Waals surface area contributed by atoms with Gasteiger partial charge in [0.2, 0.25) is 11.7 Å². The molecule has 1 N–H and O–H groups in total. The second-order valence-corrected chi connectivity index (χ2v) is 5.12. The van der Waals surface area contributed by atoms with Gasteiger partial charge in [0.1, 0.15) is 17.4 Å². The molecule has 2 aromatic carbocycles. The second kappa shape index (κ2) is 7.08. The van der Waals surface area contributed by atoms with E-state index in [9.17, 15) is 13.6 Å². The number of nitrogens with one attached hydrogen (secondary N) is 1. The molecular weight excluding hydrogens is 332 g/mol. The molecule has 1 amide bonds. The lowest BCUT2D eigenvalue weighted by molar-refractivity contribution is 0.102. The van der Waals surface area contributed by atoms with E-state index in [4.69, 9.17) is 9.26 Å². The zero-order valence-corrected chi connectivity index (χ0v) is 13.1. The minimum atomic E-state index is -0.797. The van der Waals surface area contributed by atoms with Crippen molar-refractivity contribution in [2.75, 3.05) is 5.32 Å². The molecule has 0 aliphatic carbocycles. The number of hydrogen-bond donors (Lipinski definition) is 1. The van der Waals surface area contributed by atoms with E-state index < -0.39 is 17.5 Å². The molecule has 0 aliphatic rings. The van der Waals surface area contributed by atoms with Crippen LogP contribution in [0.15, 0.2) is 47.0 Å². The largest absolute Gasteiger partial charge is 0.485 e. The van der Waals surface area contributed by atoms with Gasteiger partial charge in [0.25, 0.3) is 5.91 Å². The molecule has 0 bridgehead atoms. The van der Waals surface area contributed by atoms with Crippen molar-refractivity contribution in [3.63, 3.8) is 0 Å². The third-order valence-electron chi connectivity index (χ3n) is 3.22. The summed E-state index contributed by atoms with van der Waals surface area (Å²) in [6.07, 6.45) is 0. The van der Waals surface area contributed by atoms with E-state index in [1.165, 1.54) is 0 Å². The van der Waals surface area contributed by atoms with Crippen molar-refractivity contribution < 1.29 is 22.8 Å². The first-order valence-electron chi connectivity index (χ1n) is 7.30. The topological polar surface area (TPSA) is 77.2 Å². The van der Waals surface area contributed by atoms with E-state index in [0.29, 0.717) is 23.2 Å². The molecule has 0 atom stereocenters. The van der Waals surface area contributed by atoms with E-state index in [1.54, 1.807) is 31.2 Å². The van der Waals surface area contributed by atoms with E-state index in [1.807, 2.05) is 0 Å². The fourth-order valence-electron chi connectivity index (χ4n) is 2.05. The zero-order chi connectivity index (χ0) is 17.8. The molecule has 0 radical (unpaired) electrons. The molecule has 128 valence electrons. The molecule has 1 heterocycles. The highest BCUT2D eigenvalue weighted by molar-refractivity contribution is 6.04. The molecule has 8 heteroatoms. The predicted molar refractivity (Wildman–Crippen MR) is 84.1 cm³/mol. The van der Waals surface area contributed by atoms with Gasteiger partial charge in [-0.1, -0.05) is 5.16 Å². The van der Waals surface area contributed by atoms with Crippen LogP contribution in [0.25, 0.3) is 0 Å². The van der Waals surface area contributed by atoms with Gasteiger partial charge in [-0.15, -0.1) is 0 Å². The Balaban J connectivity index is 1.62. The van der Waals surface area contributed by atoms with Gasteiger partial charge in [0.05, 0.1) is 5.56 Å². The fraction of sp³-hybridized carbons (Fsp3) is 0.118. The Hall–Kier alpha value is -3.29. The van der Waals surface area contributed by atoms with E-state index >= 15 is 0 Å². The SMILES string of the molecule is Cc1nc(COc2ccc(NC(=O)c3cc(F)ccc3F)cc2)no1. The van der Waals surface area contributed by atoms with Gasteiger partial charge in [0, 0.05) is 12.6 Å². The third-order valence-corrected chi connectivity index (χ3v) is 3.22. The van der Waals surface area contributed by atoms with Gasteiger partial charge in [0.15, 0.2) is 6.61 Å². The zero-order valence-electron chi connectivity index (χ0n) is 13.1. The molecule has 25 heavy (non-hydrogen) atoms. The Morgan fingerprint density at radius 2 is 1.96 bits per heavy atom. The summed E-state index contributed by atoms with van der Waals surface area (Å²) < 4.78 is 37.0. The van der Waals surface area contributed by atoms with E-state index in [-0.39, 0.29) is 12.2 Å². The quantitative estimate of drug-likeness (QED) is 0.766. The van der Waals surface area contributed by atoms with Gasteiger partial charge in [-0.05, 0) is 42.5 Å². The van der Waals surface area contributed by atoms with Crippen molar-refractivity contribution in [1.82, 2.24) is 10.1 Å². The number of benzene rings is 2. The summed E-state index contributed by atoms with van der Waals surface area (Å²) in [5.41, 5.74) is 0.0456. The molecule has 0 unspecified atom stereocenters. The van der Waals surface area contributed by atoms with Crippen molar-refractivity contribution in [1.29, 1.82) is 0 Å². The Morgan fingerprint density at radius 1 is 1.20 bits per heavy atom. The maximum atomic E-state index is 13.6. The van der Waals surface area contributed by atoms with Crippen LogP contribution in [0.3, 0.4) is 0 Å². The van der Waals surface area contributed by atoms with Crippen LogP contribution in [0, 0.1) is 18.6 Å². The summed E-state index contributed by atoms with van der Waals surface area (Å²) in [4.78, 5) is 16.0. The molecule has 1 aromatic heterocycles. The van der Waals surface area contributed by atoms with Crippen molar-refractivity contribution >= 4 is 11.6 Å². The normalized spacial score (nSPS) is 10.5. The van der Waals surface area contributed by atoms with E-state index in [0.717, 1.165) is 18.2 Å². The molecule has 0 aliphatic heterocycles. The molecule has 6 nitrogen and oxygen atoms in total. The van der Waals surface area contributed by atoms with Crippen molar-refractivity contribution in [3.05, 3.63) is 71.4 Å². The molecule has 0 saturated heterocycles. The number of amides is 1. The Morgan fingerprint density at radius 3 is 2.64 bits per heavy atom. The summed E-state index contributed by atoms with van der Waals surface area (Å²) in [5.74, 6) is -0.843. The average molecular weight is 345 g/mol. The maximum Gasteiger partial charge on any atom is 0.258 e. The number of nitrogens with zero attached hydrogens (tertiary/aromatic N) is 2. The number of aryl methyl sites for hydroxylation is 1.